The zero-order valence-corrected chi connectivity index (χ0v) is 21.9. The zero-order valence-electron chi connectivity index (χ0n) is 21.9. The number of nitrogens with one attached hydrogen (secondary N) is 1. The highest BCUT2D eigenvalue weighted by Gasteiger charge is 2.70. The van der Waals surface area contributed by atoms with E-state index in [0.29, 0.717) is 16.9 Å². The number of non-ortho nitro benzene ring substituents is 1. The fourth-order valence-electron chi connectivity index (χ4n) is 6.83. The molecule has 1 saturated heterocycles. The van der Waals surface area contributed by atoms with Crippen LogP contribution >= 0.6 is 0 Å². The first-order valence-electron chi connectivity index (χ1n) is 13.4. The van der Waals surface area contributed by atoms with Gasteiger partial charge in [-0.1, -0.05) is 48.6 Å². The number of nitrogens with zero attached hydrogens (tertiary/aromatic N) is 2. The van der Waals surface area contributed by atoms with Crippen molar-refractivity contribution in [1.82, 2.24) is 0 Å². The zero-order chi connectivity index (χ0) is 29.2. The van der Waals surface area contributed by atoms with Gasteiger partial charge in [0, 0.05) is 34.6 Å². The number of amides is 1. The fourth-order valence-corrected chi connectivity index (χ4v) is 6.83. The van der Waals surface area contributed by atoms with Gasteiger partial charge in [0.05, 0.1) is 16.9 Å². The summed E-state index contributed by atoms with van der Waals surface area (Å²) in [5, 5.41) is 14.3. The Bertz CT molecular complexity index is 1840. The third-order valence-electron chi connectivity index (χ3n) is 8.58. The largest absolute Gasteiger partial charge is 0.352 e. The summed E-state index contributed by atoms with van der Waals surface area (Å²) >= 11 is 0. The lowest BCUT2D eigenvalue weighted by molar-refractivity contribution is -0.384. The second-order valence-electron chi connectivity index (χ2n) is 10.6. The second kappa shape index (κ2) is 9.31. The SMILES string of the molecule is O=C(c1ccc([N+](=O)[O-])cc1)[C@@H]1[C@H](C(=O)c2ccc(F)cc2)[C@@]2(C(=O)Nc3ccccc32)[C@H]2C=Cc3ccccc3N12. The lowest BCUT2D eigenvalue weighted by Crippen LogP contribution is -2.51. The summed E-state index contributed by atoms with van der Waals surface area (Å²) in [6, 6.07) is 23.0. The summed E-state index contributed by atoms with van der Waals surface area (Å²) in [5.74, 6) is -3.11. The van der Waals surface area contributed by atoms with Crippen LogP contribution < -0.4 is 10.2 Å². The minimum Gasteiger partial charge on any atom is -0.352 e. The van der Waals surface area contributed by atoms with E-state index in [1.165, 1.54) is 48.5 Å². The molecule has 0 aliphatic carbocycles. The molecule has 4 aromatic rings. The van der Waals surface area contributed by atoms with Crippen molar-refractivity contribution >= 4 is 40.6 Å². The summed E-state index contributed by atoms with van der Waals surface area (Å²) in [6.45, 7) is 0. The highest BCUT2D eigenvalue weighted by Crippen LogP contribution is 2.58. The number of nitro groups is 1. The number of carbonyl (C=O) groups is 3. The van der Waals surface area contributed by atoms with Crippen molar-refractivity contribution < 1.29 is 23.7 Å². The van der Waals surface area contributed by atoms with E-state index < -0.39 is 51.6 Å². The molecule has 3 heterocycles. The molecule has 3 aliphatic heterocycles. The van der Waals surface area contributed by atoms with Crippen molar-refractivity contribution in [3.05, 3.63) is 141 Å². The molecule has 7 rings (SSSR count). The summed E-state index contributed by atoms with van der Waals surface area (Å²) in [5.41, 5.74) is 1.27. The van der Waals surface area contributed by atoms with E-state index >= 15 is 0 Å². The predicted octanol–water partition coefficient (Wildman–Crippen LogP) is 5.59. The number of hydrogen-bond donors (Lipinski definition) is 1. The molecule has 206 valence electrons. The number of ketones is 2. The Kier molecular flexibility index (Phi) is 5.65. The van der Waals surface area contributed by atoms with Gasteiger partial charge in [0.2, 0.25) is 5.91 Å². The molecule has 4 atom stereocenters. The van der Waals surface area contributed by atoms with Crippen LogP contribution in [-0.4, -0.2) is 34.5 Å². The van der Waals surface area contributed by atoms with E-state index in [1.54, 1.807) is 24.3 Å². The lowest BCUT2D eigenvalue weighted by Gasteiger charge is -2.37. The van der Waals surface area contributed by atoms with E-state index in [2.05, 4.69) is 5.32 Å². The summed E-state index contributed by atoms with van der Waals surface area (Å²) in [6.07, 6.45) is 3.75. The molecule has 1 fully saturated rings. The first-order chi connectivity index (χ1) is 20.3. The number of hydrogen-bond acceptors (Lipinski definition) is 6. The molecular weight excluding hydrogens is 537 g/mol. The highest BCUT2D eigenvalue weighted by atomic mass is 19.1. The highest BCUT2D eigenvalue weighted by molar-refractivity contribution is 6.18. The molecule has 1 N–H and O–H groups in total. The molecule has 1 spiro atoms. The smallest absolute Gasteiger partial charge is 0.269 e. The summed E-state index contributed by atoms with van der Waals surface area (Å²) < 4.78 is 13.9. The number of benzene rings is 4. The molecule has 42 heavy (non-hydrogen) atoms. The van der Waals surface area contributed by atoms with Gasteiger partial charge in [-0.05, 0) is 59.7 Å². The van der Waals surface area contributed by atoms with Crippen molar-refractivity contribution in [3.63, 3.8) is 0 Å². The van der Waals surface area contributed by atoms with Gasteiger partial charge < -0.3 is 10.2 Å². The van der Waals surface area contributed by atoms with Gasteiger partial charge in [0.1, 0.15) is 17.3 Å². The van der Waals surface area contributed by atoms with Gasteiger partial charge >= 0.3 is 0 Å². The minimum atomic E-state index is -1.51. The lowest BCUT2D eigenvalue weighted by atomic mass is 9.64. The molecule has 9 heteroatoms. The van der Waals surface area contributed by atoms with Crippen LogP contribution in [0, 0.1) is 21.8 Å². The van der Waals surface area contributed by atoms with E-state index in [-0.39, 0.29) is 16.8 Å². The Balaban J connectivity index is 1.51. The van der Waals surface area contributed by atoms with Crippen LogP contribution in [-0.2, 0) is 10.2 Å². The maximum absolute atomic E-state index is 14.6. The third kappa shape index (κ3) is 3.49. The second-order valence-corrected chi connectivity index (χ2v) is 10.6. The maximum Gasteiger partial charge on any atom is 0.269 e. The predicted molar refractivity (Wildman–Crippen MR) is 154 cm³/mol. The van der Waals surface area contributed by atoms with E-state index in [4.69, 9.17) is 0 Å². The van der Waals surface area contributed by atoms with Crippen LogP contribution in [0.2, 0.25) is 0 Å². The molecule has 1 amide bonds. The van der Waals surface area contributed by atoms with Crippen molar-refractivity contribution in [3.8, 4) is 0 Å². The van der Waals surface area contributed by atoms with Gasteiger partial charge in [0.15, 0.2) is 11.6 Å². The van der Waals surface area contributed by atoms with Gasteiger partial charge in [0.25, 0.3) is 5.69 Å². The molecule has 0 radical (unpaired) electrons. The third-order valence-corrected chi connectivity index (χ3v) is 8.58. The summed E-state index contributed by atoms with van der Waals surface area (Å²) in [4.78, 5) is 56.1. The number of fused-ring (bicyclic) bond motifs is 6. The van der Waals surface area contributed by atoms with Gasteiger partial charge in [-0.25, -0.2) is 4.39 Å². The average Bonchev–Trinajstić information content (AvgIpc) is 3.49. The number of para-hydroxylation sites is 2. The van der Waals surface area contributed by atoms with E-state index in [9.17, 15) is 28.9 Å². The molecular formula is C33H22FN3O5. The average molecular weight is 560 g/mol. The van der Waals surface area contributed by atoms with Crippen molar-refractivity contribution in [2.24, 2.45) is 5.92 Å². The number of nitro benzene ring substituents is 1. The Morgan fingerprint density at radius 3 is 2.24 bits per heavy atom. The van der Waals surface area contributed by atoms with Crippen molar-refractivity contribution in [2.75, 3.05) is 10.2 Å². The van der Waals surface area contributed by atoms with Crippen LogP contribution in [0.25, 0.3) is 6.08 Å². The topological polar surface area (TPSA) is 110 Å². The Hall–Kier alpha value is -5.44. The molecule has 8 nitrogen and oxygen atoms in total. The molecule has 4 aromatic carbocycles. The van der Waals surface area contributed by atoms with Crippen LogP contribution in [0.4, 0.5) is 21.5 Å². The number of anilines is 2. The fraction of sp³-hybridized carbons (Fsp3) is 0.121. The molecule has 3 aliphatic rings. The first kappa shape index (κ1) is 25.5. The molecule has 0 bridgehead atoms. The number of halogens is 1. The molecule has 0 saturated carbocycles. The Morgan fingerprint density at radius 1 is 0.857 bits per heavy atom. The first-order valence-corrected chi connectivity index (χ1v) is 13.4. The van der Waals surface area contributed by atoms with Crippen LogP contribution in [0.5, 0.6) is 0 Å². The quantitative estimate of drug-likeness (QED) is 0.194. The van der Waals surface area contributed by atoms with Gasteiger partial charge in [-0.2, -0.15) is 0 Å². The monoisotopic (exact) mass is 559 g/mol. The van der Waals surface area contributed by atoms with Gasteiger partial charge in [-0.3, -0.25) is 24.5 Å². The van der Waals surface area contributed by atoms with Gasteiger partial charge in [-0.15, -0.1) is 0 Å². The van der Waals surface area contributed by atoms with Crippen molar-refractivity contribution in [1.29, 1.82) is 0 Å². The number of Topliss-reactive ketones (excluding diaryl/α,β-unsaturated/α-hetero) is 2. The Labute approximate surface area is 239 Å². The van der Waals surface area contributed by atoms with Crippen LogP contribution in [0.15, 0.2) is 103 Å². The van der Waals surface area contributed by atoms with E-state index in [0.717, 1.165) is 5.56 Å². The standard InChI is InChI=1S/C33H22FN3O5/c34-22-14-9-20(10-15-22)30(38)28-29(31(39)21-11-16-23(17-12-21)37(41)42)36-26-8-4-1-5-19(26)13-18-27(36)33(28)24-6-2-3-7-25(24)35-32(33)40/h1-18,27-29H,(H,35,40)/t27-,28-,29+,33+/m1/s1. The maximum atomic E-state index is 14.6. The minimum absolute atomic E-state index is 0.163. The molecule has 0 aromatic heterocycles. The molecule has 0 unspecified atom stereocenters. The Morgan fingerprint density at radius 2 is 1.50 bits per heavy atom. The van der Waals surface area contributed by atoms with Crippen molar-refractivity contribution in [2.45, 2.75) is 17.5 Å². The number of rotatable bonds is 5. The van der Waals surface area contributed by atoms with E-state index in [1.807, 2.05) is 41.3 Å². The van der Waals surface area contributed by atoms with Crippen LogP contribution in [0.3, 0.4) is 0 Å². The van der Waals surface area contributed by atoms with Crippen LogP contribution in [0.1, 0.15) is 31.8 Å². The summed E-state index contributed by atoms with van der Waals surface area (Å²) in [7, 11) is 0. The number of carbonyl (C=O) groups excluding carboxylic acids is 3. The normalized spacial score (nSPS) is 23.2.